The number of nitrogens with zero attached hydrogens (tertiary/aromatic N) is 1. The van der Waals surface area contributed by atoms with Crippen molar-refractivity contribution in [2.45, 2.75) is 39.2 Å². The lowest BCUT2D eigenvalue weighted by atomic mass is 9.96. The lowest BCUT2D eigenvalue weighted by molar-refractivity contribution is -0.0569. The van der Waals surface area contributed by atoms with E-state index in [1.165, 1.54) is 0 Å². The maximum Gasteiger partial charge on any atom is 0.340 e. The Bertz CT molecular complexity index is 325. The zero-order chi connectivity index (χ0) is 10.6. The van der Waals surface area contributed by atoms with Crippen molar-refractivity contribution in [2.75, 3.05) is 6.61 Å². The Morgan fingerprint density at radius 1 is 1.36 bits per heavy atom. The number of aromatic amines is 2. The second kappa shape index (κ2) is 4.41. The lowest BCUT2D eigenvalue weighted by Crippen LogP contribution is -2.30. The van der Waals surface area contributed by atoms with E-state index in [1.54, 1.807) is 0 Å². The van der Waals surface area contributed by atoms with Crippen LogP contribution in [-0.2, 0) is 10.3 Å². The highest BCUT2D eigenvalue weighted by atomic mass is 16.5. The highest BCUT2D eigenvalue weighted by Gasteiger charge is 2.32. The van der Waals surface area contributed by atoms with Crippen molar-refractivity contribution < 1.29 is 4.74 Å². The average Bonchev–Trinajstić information content (AvgIpc) is 2.62. The zero-order valence-electron chi connectivity index (χ0n) is 8.89. The van der Waals surface area contributed by atoms with E-state index in [2.05, 4.69) is 15.2 Å². The third kappa shape index (κ3) is 1.87. The SMILES string of the molecule is CCOC(CC)(CC)c1n[nH]c(=O)[nH]1. The van der Waals surface area contributed by atoms with Crippen LogP contribution in [0.25, 0.3) is 0 Å². The molecule has 1 heterocycles. The summed E-state index contributed by atoms with van der Waals surface area (Å²) in [6.07, 6.45) is 1.58. The first-order valence-electron chi connectivity index (χ1n) is 4.97. The van der Waals surface area contributed by atoms with Gasteiger partial charge in [-0.15, -0.1) is 0 Å². The second-order valence-electron chi connectivity index (χ2n) is 3.16. The van der Waals surface area contributed by atoms with Gasteiger partial charge in [-0.1, -0.05) is 13.8 Å². The number of H-pyrrole nitrogens is 2. The first kappa shape index (κ1) is 11.0. The number of rotatable bonds is 5. The van der Waals surface area contributed by atoms with Crippen molar-refractivity contribution in [1.29, 1.82) is 0 Å². The molecule has 0 radical (unpaired) electrons. The van der Waals surface area contributed by atoms with E-state index in [1.807, 2.05) is 20.8 Å². The average molecular weight is 199 g/mol. The highest BCUT2D eigenvalue weighted by Crippen LogP contribution is 2.29. The smallest absolute Gasteiger partial charge is 0.340 e. The Labute approximate surface area is 82.9 Å². The molecule has 0 atom stereocenters. The van der Waals surface area contributed by atoms with E-state index in [4.69, 9.17) is 4.74 Å². The predicted octanol–water partition coefficient (Wildman–Crippen LogP) is 1.15. The van der Waals surface area contributed by atoms with E-state index >= 15 is 0 Å². The number of nitrogens with one attached hydrogen (secondary N) is 2. The molecule has 5 heteroatoms. The van der Waals surface area contributed by atoms with Crippen LogP contribution in [-0.4, -0.2) is 21.8 Å². The minimum Gasteiger partial charge on any atom is -0.367 e. The summed E-state index contributed by atoms with van der Waals surface area (Å²) in [5.74, 6) is 0.592. The normalized spacial score (nSPS) is 11.9. The first-order chi connectivity index (χ1) is 6.68. The summed E-state index contributed by atoms with van der Waals surface area (Å²) in [6.45, 7) is 6.58. The van der Waals surface area contributed by atoms with Gasteiger partial charge in [0.15, 0.2) is 5.82 Å². The van der Waals surface area contributed by atoms with E-state index < -0.39 is 5.60 Å². The van der Waals surface area contributed by atoms with Crippen LogP contribution in [0.4, 0.5) is 0 Å². The van der Waals surface area contributed by atoms with E-state index in [0.29, 0.717) is 12.4 Å². The molecule has 0 spiro atoms. The van der Waals surface area contributed by atoms with Gasteiger partial charge in [0.25, 0.3) is 0 Å². The molecule has 0 unspecified atom stereocenters. The number of ether oxygens (including phenoxy) is 1. The molecule has 0 aliphatic carbocycles. The topological polar surface area (TPSA) is 70.8 Å². The molecule has 0 saturated heterocycles. The molecule has 0 aliphatic heterocycles. The first-order valence-corrected chi connectivity index (χ1v) is 4.97. The second-order valence-corrected chi connectivity index (χ2v) is 3.16. The van der Waals surface area contributed by atoms with Crippen molar-refractivity contribution in [3.05, 3.63) is 16.3 Å². The molecule has 1 aromatic heterocycles. The molecule has 0 amide bonds. The van der Waals surface area contributed by atoms with Crippen LogP contribution in [0.15, 0.2) is 4.79 Å². The van der Waals surface area contributed by atoms with Crippen LogP contribution < -0.4 is 5.69 Å². The lowest BCUT2D eigenvalue weighted by Gasteiger charge is -2.28. The summed E-state index contributed by atoms with van der Waals surface area (Å²) >= 11 is 0. The van der Waals surface area contributed by atoms with Crippen LogP contribution in [0.5, 0.6) is 0 Å². The molecule has 5 nitrogen and oxygen atoms in total. The predicted molar refractivity (Wildman–Crippen MR) is 53.1 cm³/mol. The Kier molecular flexibility index (Phi) is 3.46. The molecular formula is C9H17N3O2. The summed E-state index contributed by atoms with van der Waals surface area (Å²) < 4.78 is 5.67. The molecule has 14 heavy (non-hydrogen) atoms. The van der Waals surface area contributed by atoms with Gasteiger partial charge in [-0.25, -0.2) is 9.89 Å². The van der Waals surface area contributed by atoms with Crippen molar-refractivity contribution in [3.8, 4) is 0 Å². The maximum absolute atomic E-state index is 10.9. The fourth-order valence-corrected chi connectivity index (χ4v) is 1.62. The third-order valence-electron chi connectivity index (χ3n) is 2.50. The number of hydrogen-bond acceptors (Lipinski definition) is 3. The van der Waals surface area contributed by atoms with Gasteiger partial charge in [-0.3, -0.25) is 4.98 Å². The van der Waals surface area contributed by atoms with Crippen molar-refractivity contribution in [2.24, 2.45) is 0 Å². The molecule has 80 valence electrons. The van der Waals surface area contributed by atoms with Gasteiger partial charge in [0.05, 0.1) is 0 Å². The van der Waals surface area contributed by atoms with E-state index in [9.17, 15) is 4.79 Å². The Morgan fingerprint density at radius 2 is 2.00 bits per heavy atom. The molecule has 1 aromatic rings. The van der Waals surface area contributed by atoms with Gasteiger partial charge in [-0.05, 0) is 19.8 Å². The minimum absolute atomic E-state index is 0.286. The summed E-state index contributed by atoms with van der Waals surface area (Å²) in [5, 5.41) is 6.29. The van der Waals surface area contributed by atoms with Gasteiger partial charge < -0.3 is 4.74 Å². The standard InChI is InChI=1S/C9H17N3O2/c1-4-9(5-2,14-6-3)7-10-8(13)12-11-7/h4-6H2,1-3H3,(H2,10,11,12,13). The summed E-state index contributed by atoms with van der Waals surface area (Å²) in [6, 6.07) is 0. The molecule has 0 aliphatic rings. The van der Waals surface area contributed by atoms with E-state index in [0.717, 1.165) is 12.8 Å². The molecule has 1 rings (SSSR count). The van der Waals surface area contributed by atoms with Crippen LogP contribution >= 0.6 is 0 Å². The maximum atomic E-state index is 10.9. The third-order valence-corrected chi connectivity index (χ3v) is 2.50. The summed E-state index contributed by atoms with van der Waals surface area (Å²) in [4.78, 5) is 13.6. The number of aromatic nitrogens is 3. The number of hydrogen-bond donors (Lipinski definition) is 2. The molecule has 0 fully saturated rings. The van der Waals surface area contributed by atoms with Crippen molar-refractivity contribution in [1.82, 2.24) is 15.2 Å². The molecule has 0 bridgehead atoms. The Morgan fingerprint density at radius 3 is 2.36 bits per heavy atom. The van der Waals surface area contributed by atoms with Gasteiger partial charge >= 0.3 is 5.69 Å². The molecule has 0 aromatic carbocycles. The fraction of sp³-hybridized carbons (Fsp3) is 0.778. The zero-order valence-corrected chi connectivity index (χ0v) is 8.89. The fourth-order valence-electron chi connectivity index (χ4n) is 1.62. The van der Waals surface area contributed by atoms with Crippen LogP contribution in [0.1, 0.15) is 39.4 Å². The largest absolute Gasteiger partial charge is 0.367 e. The van der Waals surface area contributed by atoms with Crippen molar-refractivity contribution in [3.63, 3.8) is 0 Å². The Hall–Kier alpha value is -1.10. The summed E-state index contributed by atoms with van der Waals surface area (Å²) in [7, 11) is 0. The minimum atomic E-state index is -0.450. The van der Waals surface area contributed by atoms with Gasteiger partial charge in [0, 0.05) is 6.61 Å². The van der Waals surface area contributed by atoms with Crippen LogP contribution in [0, 0.1) is 0 Å². The Balaban J connectivity index is 3.02. The monoisotopic (exact) mass is 199 g/mol. The van der Waals surface area contributed by atoms with Gasteiger partial charge in [0.1, 0.15) is 5.60 Å². The van der Waals surface area contributed by atoms with Crippen LogP contribution in [0.2, 0.25) is 0 Å². The highest BCUT2D eigenvalue weighted by molar-refractivity contribution is 4.99. The summed E-state index contributed by atoms with van der Waals surface area (Å²) in [5.41, 5.74) is -0.737. The van der Waals surface area contributed by atoms with Crippen LogP contribution in [0.3, 0.4) is 0 Å². The van der Waals surface area contributed by atoms with Crippen molar-refractivity contribution >= 4 is 0 Å². The molecular weight excluding hydrogens is 182 g/mol. The molecule has 0 saturated carbocycles. The molecule has 2 N–H and O–H groups in total. The van der Waals surface area contributed by atoms with Gasteiger partial charge in [0.2, 0.25) is 0 Å². The quantitative estimate of drug-likeness (QED) is 0.747. The van der Waals surface area contributed by atoms with E-state index in [-0.39, 0.29) is 5.69 Å². The van der Waals surface area contributed by atoms with Gasteiger partial charge in [-0.2, -0.15) is 5.10 Å².